The summed E-state index contributed by atoms with van der Waals surface area (Å²) in [4.78, 5) is 30.5. The summed E-state index contributed by atoms with van der Waals surface area (Å²) in [5.74, 6) is 0.688. The molecule has 1 saturated heterocycles. The third-order valence-corrected chi connectivity index (χ3v) is 5.34. The van der Waals surface area contributed by atoms with Gasteiger partial charge in [-0.1, -0.05) is 12.1 Å². The number of carbonyl (C=O) groups is 2. The molecule has 0 radical (unpaired) electrons. The van der Waals surface area contributed by atoms with Crippen LogP contribution in [0, 0.1) is 20.8 Å². The molecule has 0 spiro atoms. The molecule has 28 heavy (non-hydrogen) atoms. The van der Waals surface area contributed by atoms with Gasteiger partial charge in [0.1, 0.15) is 5.75 Å². The van der Waals surface area contributed by atoms with Gasteiger partial charge >= 0.3 is 0 Å². The van der Waals surface area contributed by atoms with E-state index >= 15 is 0 Å². The molecular formula is C22H27N3O3. The first-order chi connectivity index (χ1) is 13.5. The minimum absolute atomic E-state index is 0.0146. The second-order valence-electron chi connectivity index (χ2n) is 7.31. The standard InChI is InChI=1S/C22H27N3O3/c1-15-4-5-16(2)21(17(15)3)28-14-20(26)25-12-8-19(9-13-25)24-22(27)18-6-10-23-11-7-18/h4-7,10-11,19H,8-9,12-14H2,1-3H3,(H,24,27). The van der Waals surface area contributed by atoms with Gasteiger partial charge in [-0.2, -0.15) is 0 Å². The van der Waals surface area contributed by atoms with Crippen molar-refractivity contribution in [2.24, 2.45) is 0 Å². The van der Waals surface area contributed by atoms with Crippen molar-refractivity contribution in [1.29, 1.82) is 0 Å². The average Bonchev–Trinajstić information content (AvgIpc) is 2.72. The summed E-state index contributed by atoms with van der Waals surface area (Å²) in [7, 11) is 0. The van der Waals surface area contributed by atoms with Gasteiger partial charge in [-0.05, 0) is 62.4 Å². The molecular weight excluding hydrogens is 354 g/mol. The number of ether oxygens (including phenoxy) is 1. The average molecular weight is 381 g/mol. The van der Waals surface area contributed by atoms with Crippen LogP contribution in [0.5, 0.6) is 5.75 Å². The molecule has 2 amide bonds. The second kappa shape index (κ2) is 8.87. The molecule has 0 unspecified atom stereocenters. The fourth-order valence-electron chi connectivity index (χ4n) is 3.42. The van der Waals surface area contributed by atoms with Crippen LogP contribution in [0.4, 0.5) is 0 Å². The number of piperidine rings is 1. The fourth-order valence-corrected chi connectivity index (χ4v) is 3.42. The highest BCUT2D eigenvalue weighted by Crippen LogP contribution is 2.25. The van der Waals surface area contributed by atoms with Gasteiger partial charge in [0.05, 0.1) is 0 Å². The number of pyridine rings is 1. The first-order valence-electron chi connectivity index (χ1n) is 9.64. The fraction of sp³-hybridized carbons (Fsp3) is 0.409. The number of aromatic nitrogens is 1. The number of aryl methyl sites for hydroxylation is 2. The molecule has 1 aliphatic heterocycles. The zero-order valence-corrected chi connectivity index (χ0v) is 16.7. The van der Waals surface area contributed by atoms with E-state index in [0.29, 0.717) is 18.7 Å². The van der Waals surface area contributed by atoms with Crippen molar-refractivity contribution in [3.8, 4) is 5.75 Å². The molecule has 2 heterocycles. The van der Waals surface area contributed by atoms with Crippen LogP contribution in [0.25, 0.3) is 0 Å². The van der Waals surface area contributed by atoms with Crippen molar-refractivity contribution >= 4 is 11.8 Å². The van der Waals surface area contributed by atoms with Gasteiger partial charge in [0, 0.05) is 37.1 Å². The summed E-state index contributed by atoms with van der Waals surface area (Å²) < 4.78 is 5.85. The number of likely N-dealkylation sites (tertiary alicyclic amines) is 1. The van der Waals surface area contributed by atoms with E-state index in [0.717, 1.165) is 35.3 Å². The molecule has 1 aliphatic rings. The quantitative estimate of drug-likeness (QED) is 0.865. The van der Waals surface area contributed by atoms with Gasteiger partial charge in [-0.25, -0.2) is 0 Å². The Morgan fingerprint density at radius 3 is 2.39 bits per heavy atom. The minimum Gasteiger partial charge on any atom is -0.483 e. The van der Waals surface area contributed by atoms with Crippen LogP contribution < -0.4 is 10.1 Å². The monoisotopic (exact) mass is 381 g/mol. The van der Waals surface area contributed by atoms with Crippen LogP contribution >= 0.6 is 0 Å². The van der Waals surface area contributed by atoms with E-state index in [2.05, 4.69) is 16.4 Å². The maximum Gasteiger partial charge on any atom is 0.260 e. The Kier molecular flexibility index (Phi) is 6.29. The summed E-state index contributed by atoms with van der Waals surface area (Å²) in [5, 5.41) is 3.04. The molecule has 0 bridgehead atoms. The van der Waals surface area contributed by atoms with E-state index in [4.69, 9.17) is 4.74 Å². The van der Waals surface area contributed by atoms with Crippen LogP contribution in [0.3, 0.4) is 0 Å². The van der Waals surface area contributed by atoms with Crippen molar-refractivity contribution < 1.29 is 14.3 Å². The van der Waals surface area contributed by atoms with Crippen LogP contribution in [-0.4, -0.2) is 47.4 Å². The smallest absolute Gasteiger partial charge is 0.260 e. The lowest BCUT2D eigenvalue weighted by atomic mass is 10.0. The Morgan fingerprint density at radius 2 is 1.71 bits per heavy atom. The molecule has 0 aliphatic carbocycles. The number of benzene rings is 1. The van der Waals surface area contributed by atoms with Crippen LogP contribution in [0.15, 0.2) is 36.7 Å². The summed E-state index contributed by atoms with van der Waals surface area (Å²) in [6.07, 6.45) is 4.69. The van der Waals surface area contributed by atoms with Gasteiger partial charge in [0.15, 0.2) is 6.61 Å². The Labute approximate surface area is 165 Å². The second-order valence-corrected chi connectivity index (χ2v) is 7.31. The molecule has 0 saturated carbocycles. The third kappa shape index (κ3) is 4.68. The number of rotatable bonds is 5. The molecule has 6 heteroatoms. The number of nitrogens with one attached hydrogen (secondary N) is 1. The Balaban J connectivity index is 1.48. The highest BCUT2D eigenvalue weighted by atomic mass is 16.5. The first kappa shape index (κ1) is 19.9. The van der Waals surface area contributed by atoms with Crippen LogP contribution in [0.2, 0.25) is 0 Å². The summed E-state index contributed by atoms with van der Waals surface area (Å²) >= 11 is 0. The molecule has 1 aromatic carbocycles. The van der Waals surface area contributed by atoms with E-state index in [1.165, 1.54) is 0 Å². The highest BCUT2D eigenvalue weighted by molar-refractivity contribution is 5.94. The van der Waals surface area contributed by atoms with Gasteiger partial charge in [0.25, 0.3) is 11.8 Å². The first-order valence-corrected chi connectivity index (χ1v) is 9.64. The molecule has 1 N–H and O–H groups in total. The van der Waals surface area contributed by atoms with Crippen molar-refractivity contribution in [2.45, 2.75) is 39.7 Å². The van der Waals surface area contributed by atoms with Crippen molar-refractivity contribution in [3.05, 3.63) is 58.9 Å². The van der Waals surface area contributed by atoms with Crippen molar-refractivity contribution in [2.75, 3.05) is 19.7 Å². The van der Waals surface area contributed by atoms with E-state index in [1.54, 1.807) is 24.5 Å². The zero-order chi connectivity index (χ0) is 20.1. The molecule has 1 aromatic heterocycles. The normalized spacial score (nSPS) is 14.6. The van der Waals surface area contributed by atoms with E-state index < -0.39 is 0 Å². The molecule has 0 atom stereocenters. The molecule has 6 nitrogen and oxygen atoms in total. The maximum absolute atomic E-state index is 12.5. The zero-order valence-electron chi connectivity index (χ0n) is 16.7. The lowest BCUT2D eigenvalue weighted by molar-refractivity contribution is -0.134. The van der Waals surface area contributed by atoms with E-state index in [-0.39, 0.29) is 24.5 Å². The summed E-state index contributed by atoms with van der Waals surface area (Å²) in [5.41, 5.74) is 3.86. The Morgan fingerprint density at radius 1 is 1.07 bits per heavy atom. The van der Waals surface area contributed by atoms with Crippen molar-refractivity contribution in [3.63, 3.8) is 0 Å². The number of nitrogens with zero attached hydrogens (tertiary/aromatic N) is 2. The molecule has 148 valence electrons. The Bertz CT molecular complexity index is 844. The predicted octanol–water partition coefficient (Wildman–Crippen LogP) is 2.81. The lowest BCUT2D eigenvalue weighted by Crippen LogP contribution is -2.47. The topological polar surface area (TPSA) is 71.5 Å². The summed E-state index contributed by atoms with van der Waals surface area (Å²) in [6, 6.07) is 7.54. The van der Waals surface area contributed by atoms with Gasteiger partial charge < -0.3 is 15.0 Å². The predicted molar refractivity (Wildman–Crippen MR) is 107 cm³/mol. The lowest BCUT2D eigenvalue weighted by Gasteiger charge is -2.32. The number of hydrogen-bond donors (Lipinski definition) is 1. The minimum atomic E-state index is -0.0964. The Hall–Kier alpha value is -2.89. The molecule has 3 rings (SSSR count). The van der Waals surface area contributed by atoms with Crippen molar-refractivity contribution in [1.82, 2.24) is 15.2 Å². The van der Waals surface area contributed by atoms with Gasteiger partial charge in [-0.15, -0.1) is 0 Å². The highest BCUT2D eigenvalue weighted by Gasteiger charge is 2.24. The molecule has 1 fully saturated rings. The van der Waals surface area contributed by atoms with Gasteiger partial charge in [0.2, 0.25) is 0 Å². The van der Waals surface area contributed by atoms with E-state index in [1.807, 2.05) is 31.7 Å². The van der Waals surface area contributed by atoms with Gasteiger partial charge in [-0.3, -0.25) is 14.6 Å². The van der Waals surface area contributed by atoms with E-state index in [9.17, 15) is 9.59 Å². The maximum atomic E-state index is 12.5. The number of amides is 2. The largest absolute Gasteiger partial charge is 0.483 e. The SMILES string of the molecule is Cc1ccc(C)c(OCC(=O)N2CCC(NC(=O)c3ccncc3)CC2)c1C. The number of carbonyl (C=O) groups excluding carboxylic acids is 2. The summed E-state index contributed by atoms with van der Waals surface area (Å²) in [6.45, 7) is 7.32. The third-order valence-electron chi connectivity index (χ3n) is 5.34. The van der Waals surface area contributed by atoms with Crippen LogP contribution in [0.1, 0.15) is 39.9 Å². The van der Waals surface area contributed by atoms with Crippen LogP contribution in [-0.2, 0) is 4.79 Å². The number of hydrogen-bond acceptors (Lipinski definition) is 4. The molecule has 2 aromatic rings.